The van der Waals surface area contributed by atoms with Crippen molar-refractivity contribution in [1.29, 1.82) is 0 Å². The minimum absolute atomic E-state index is 0.364. The van der Waals surface area contributed by atoms with Crippen LogP contribution < -0.4 is 10.5 Å². The van der Waals surface area contributed by atoms with Crippen LogP contribution in [0.1, 0.15) is 5.56 Å². The smallest absolute Gasteiger partial charge is 0.140 e. The molecule has 2 nitrogen and oxygen atoms in total. The summed E-state index contributed by atoms with van der Waals surface area (Å²) in [6.07, 6.45) is 2.02. The fraction of sp³-hybridized carbons (Fsp3) is 0.0714. The first-order valence-corrected chi connectivity index (χ1v) is 7.94. The first-order chi connectivity index (χ1) is 9.11. The van der Waals surface area contributed by atoms with Gasteiger partial charge in [0.25, 0.3) is 0 Å². The van der Waals surface area contributed by atoms with Crippen LogP contribution in [0.25, 0.3) is 0 Å². The molecular weight excluding hydrogens is 342 g/mol. The van der Waals surface area contributed by atoms with Gasteiger partial charge in [-0.1, -0.05) is 24.4 Å². The molecule has 0 heterocycles. The van der Waals surface area contributed by atoms with E-state index >= 15 is 0 Å². The van der Waals surface area contributed by atoms with Gasteiger partial charge < -0.3 is 10.5 Å². The molecule has 0 radical (unpaired) electrons. The summed E-state index contributed by atoms with van der Waals surface area (Å²) in [5, 5.41) is 0. The zero-order valence-electron chi connectivity index (χ0n) is 10.2. The summed E-state index contributed by atoms with van der Waals surface area (Å²) in [5.74, 6) is 1.58. The molecule has 0 spiro atoms. The zero-order chi connectivity index (χ0) is 13.8. The predicted molar refractivity (Wildman–Crippen MR) is 88.3 cm³/mol. The summed E-state index contributed by atoms with van der Waals surface area (Å²) in [4.78, 5) is 1.46. The number of para-hydroxylation sites is 1. The molecule has 0 saturated heterocycles. The van der Waals surface area contributed by atoms with E-state index in [0.29, 0.717) is 4.99 Å². The van der Waals surface area contributed by atoms with Crippen molar-refractivity contribution >= 4 is 44.9 Å². The van der Waals surface area contributed by atoms with Crippen LogP contribution in [-0.4, -0.2) is 11.2 Å². The zero-order valence-corrected chi connectivity index (χ0v) is 13.4. The Labute approximate surface area is 130 Å². The minimum Gasteiger partial charge on any atom is -0.456 e. The van der Waals surface area contributed by atoms with Crippen molar-refractivity contribution in [2.75, 3.05) is 6.26 Å². The Morgan fingerprint density at radius 2 is 2.00 bits per heavy atom. The average Bonchev–Trinajstić information content (AvgIpc) is 2.39. The Morgan fingerprint density at radius 3 is 2.63 bits per heavy atom. The SMILES string of the molecule is CSc1ccccc1Oc1ccc(C(N)=S)c(Br)c1. The lowest BCUT2D eigenvalue weighted by molar-refractivity contribution is 0.471. The van der Waals surface area contributed by atoms with Crippen LogP contribution in [0.5, 0.6) is 11.5 Å². The van der Waals surface area contributed by atoms with E-state index in [2.05, 4.69) is 15.9 Å². The molecule has 98 valence electrons. The Morgan fingerprint density at radius 1 is 1.26 bits per heavy atom. The number of halogens is 1. The van der Waals surface area contributed by atoms with Crippen LogP contribution in [0.15, 0.2) is 51.8 Å². The second kappa shape index (κ2) is 6.41. The third-order valence-electron chi connectivity index (χ3n) is 2.50. The number of thioether (sulfide) groups is 1. The molecule has 0 fully saturated rings. The summed E-state index contributed by atoms with van der Waals surface area (Å²) < 4.78 is 6.71. The van der Waals surface area contributed by atoms with E-state index in [1.165, 1.54) is 0 Å². The largest absolute Gasteiger partial charge is 0.456 e. The van der Waals surface area contributed by atoms with Gasteiger partial charge in [0.15, 0.2) is 0 Å². The summed E-state index contributed by atoms with van der Waals surface area (Å²) in [6.45, 7) is 0. The first-order valence-electron chi connectivity index (χ1n) is 5.52. The van der Waals surface area contributed by atoms with Crippen LogP contribution in [0.2, 0.25) is 0 Å². The number of thiocarbonyl (C=S) groups is 1. The van der Waals surface area contributed by atoms with Crippen molar-refractivity contribution in [2.45, 2.75) is 4.90 Å². The number of nitrogens with two attached hydrogens (primary N) is 1. The molecule has 0 aliphatic rings. The number of rotatable bonds is 4. The van der Waals surface area contributed by atoms with Crippen molar-refractivity contribution in [2.24, 2.45) is 5.73 Å². The van der Waals surface area contributed by atoms with Crippen molar-refractivity contribution in [1.82, 2.24) is 0 Å². The Balaban J connectivity index is 2.29. The minimum atomic E-state index is 0.364. The number of benzene rings is 2. The standard InChI is InChI=1S/C14H12BrNOS2/c1-19-13-5-3-2-4-12(13)17-9-6-7-10(14(16)18)11(15)8-9/h2-8H,1H3,(H2,16,18). The molecule has 0 aliphatic heterocycles. The van der Waals surface area contributed by atoms with Gasteiger partial charge in [0.1, 0.15) is 16.5 Å². The van der Waals surface area contributed by atoms with E-state index in [0.717, 1.165) is 26.4 Å². The Hall–Kier alpha value is -1.04. The first kappa shape index (κ1) is 14.4. The maximum Gasteiger partial charge on any atom is 0.140 e. The van der Waals surface area contributed by atoms with Crippen molar-refractivity contribution in [3.05, 3.63) is 52.5 Å². The lowest BCUT2D eigenvalue weighted by atomic mass is 10.2. The second-order valence-corrected chi connectivity index (χ2v) is 5.90. The van der Waals surface area contributed by atoms with Gasteiger partial charge in [-0.05, 0) is 52.5 Å². The highest BCUT2D eigenvalue weighted by molar-refractivity contribution is 9.10. The molecule has 0 bridgehead atoms. The number of ether oxygens (including phenoxy) is 1. The van der Waals surface area contributed by atoms with Gasteiger partial charge in [-0.15, -0.1) is 11.8 Å². The van der Waals surface area contributed by atoms with E-state index in [9.17, 15) is 0 Å². The fourth-order valence-electron chi connectivity index (χ4n) is 1.59. The van der Waals surface area contributed by atoms with Gasteiger partial charge >= 0.3 is 0 Å². The third-order valence-corrected chi connectivity index (χ3v) is 4.16. The van der Waals surface area contributed by atoms with Gasteiger partial charge in [-0.3, -0.25) is 0 Å². The Bertz CT molecular complexity index is 616. The van der Waals surface area contributed by atoms with Crippen LogP contribution >= 0.6 is 39.9 Å². The van der Waals surface area contributed by atoms with Crippen LogP contribution in [0, 0.1) is 0 Å². The van der Waals surface area contributed by atoms with Crippen molar-refractivity contribution in [3.63, 3.8) is 0 Å². The normalized spacial score (nSPS) is 10.2. The fourth-order valence-corrected chi connectivity index (χ4v) is 3.00. The summed E-state index contributed by atoms with van der Waals surface area (Å²) in [5.41, 5.74) is 6.43. The maximum atomic E-state index is 5.88. The van der Waals surface area contributed by atoms with Crippen molar-refractivity contribution in [3.8, 4) is 11.5 Å². The highest BCUT2D eigenvalue weighted by Crippen LogP contribution is 2.32. The van der Waals surface area contributed by atoms with E-state index in [-0.39, 0.29) is 0 Å². The molecule has 0 aromatic heterocycles. The van der Waals surface area contributed by atoms with Gasteiger partial charge in [0.2, 0.25) is 0 Å². The van der Waals surface area contributed by atoms with Crippen LogP contribution in [0.4, 0.5) is 0 Å². The molecular formula is C14H12BrNOS2. The number of hydrogen-bond acceptors (Lipinski definition) is 3. The second-order valence-electron chi connectivity index (χ2n) is 3.76. The van der Waals surface area contributed by atoms with Gasteiger partial charge in [-0.2, -0.15) is 0 Å². The molecule has 2 aromatic carbocycles. The van der Waals surface area contributed by atoms with Crippen LogP contribution in [-0.2, 0) is 0 Å². The molecule has 0 atom stereocenters. The van der Waals surface area contributed by atoms with E-state index in [1.807, 2.05) is 48.7 Å². The van der Waals surface area contributed by atoms with E-state index in [4.69, 9.17) is 22.7 Å². The topological polar surface area (TPSA) is 35.2 Å². The molecule has 0 aliphatic carbocycles. The van der Waals surface area contributed by atoms with Gasteiger partial charge in [0, 0.05) is 14.9 Å². The highest BCUT2D eigenvalue weighted by Gasteiger charge is 2.07. The molecule has 0 unspecified atom stereocenters. The lowest BCUT2D eigenvalue weighted by Crippen LogP contribution is -2.09. The third kappa shape index (κ3) is 3.49. The van der Waals surface area contributed by atoms with E-state index < -0.39 is 0 Å². The summed E-state index contributed by atoms with van der Waals surface area (Å²) in [7, 11) is 0. The van der Waals surface area contributed by atoms with Gasteiger partial charge in [0.05, 0.1) is 0 Å². The average molecular weight is 354 g/mol. The molecule has 0 amide bonds. The molecule has 5 heteroatoms. The van der Waals surface area contributed by atoms with Crippen LogP contribution in [0.3, 0.4) is 0 Å². The molecule has 2 aromatic rings. The monoisotopic (exact) mass is 353 g/mol. The lowest BCUT2D eigenvalue weighted by Gasteiger charge is -2.11. The molecule has 2 N–H and O–H groups in total. The van der Waals surface area contributed by atoms with Crippen molar-refractivity contribution < 1.29 is 4.74 Å². The summed E-state index contributed by atoms with van der Waals surface area (Å²) >= 11 is 10.1. The summed E-state index contributed by atoms with van der Waals surface area (Å²) in [6, 6.07) is 13.5. The highest BCUT2D eigenvalue weighted by atomic mass is 79.9. The van der Waals surface area contributed by atoms with E-state index in [1.54, 1.807) is 11.8 Å². The quantitative estimate of drug-likeness (QED) is 0.643. The number of hydrogen-bond donors (Lipinski definition) is 1. The van der Waals surface area contributed by atoms with Gasteiger partial charge in [-0.25, -0.2) is 0 Å². The molecule has 19 heavy (non-hydrogen) atoms. The predicted octanol–water partition coefficient (Wildman–Crippen LogP) is 4.60. The maximum absolute atomic E-state index is 5.88. The molecule has 0 saturated carbocycles. The Kier molecular flexibility index (Phi) is 4.85. The molecule has 2 rings (SSSR count).